The molecule has 2 nitrogen and oxygen atoms in total. The van der Waals surface area contributed by atoms with Crippen LogP contribution < -0.4 is 20.2 Å². The van der Waals surface area contributed by atoms with Crippen LogP contribution in [0.25, 0.3) is 46.6 Å². The van der Waals surface area contributed by atoms with Gasteiger partial charge in [-0.05, 0) is 138 Å². The van der Waals surface area contributed by atoms with Crippen LogP contribution in [0.5, 0.6) is 0 Å². The lowest BCUT2D eigenvalue weighted by molar-refractivity contribution is 0.660. The minimum atomic E-state index is -1.78. The molecule has 0 N–H and O–H groups in total. The molecular weight excluding hydrogens is 801 g/mol. The summed E-state index contributed by atoms with van der Waals surface area (Å²) in [6.45, 7) is 9.62. The second-order valence-electron chi connectivity index (χ2n) is 20.1. The first-order valence-electron chi connectivity index (χ1n) is 23.6. The highest BCUT2D eigenvalue weighted by molar-refractivity contribution is 7.05. The molecule has 13 rings (SSSR count). The Bertz CT molecular complexity index is 3260. The minimum absolute atomic E-state index is 0.142. The molecule has 0 radical (unpaired) electrons. The molecule has 5 aliphatic rings. The normalized spacial score (nSPS) is 17.2. The van der Waals surface area contributed by atoms with Crippen molar-refractivity contribution < 1.29 is 0 Å². The summed E-state index contributed by atoms with van der Waals surface area (Å²) in [6.07, 6.45) is 11.8. The van der Waals surface area contributed by atoms with E-state index >= 15 is 0 Å². The van der Waals surface area contributed by atoms with E-state index in [0.29, 0.717) is 0 Å². The Morgan fingerprint density at radius 3 is 1.23 bits per heavy atom. The third-order valence-corrected chi connectivity index (χ3v) is 21.2. The maximum absolute atomic E-state index is 2.58. The maximum Gasteiger partial charge on any atom is 0.123 e. The molecular formula is C62H52N2Si. The van der Waals surface area contributed by atoms with Gasteiger partial charge in [-0.25, -0.2) is 0 Å². The summed E-state index contributed by atoms with van der Waals surface area (Å²) in [7, 11) is -1.78. The van der Waals surface area contributed by atoms with Crippen molar-refractivity contribution in [3.05, 3.63) is 214 Å². The number of para-hydroxylation sites is 4. The second kappa shape index (κ2) is 14.0. The monoisotopic (exact) mass is 852 g/mol. The lowest BCUT2D eigenvalue weighted by Gasteiger charge is -2.43. The zero-order valence-corrected chi connectivity index (χ0v) is 38.7. The lowest BCUT2D eigenvalue weighted by atomic mass is 9.81. The largest absolute Gasteiger partial charge is 0.311 e. The van der Waals surface area contributed by atoms with Crippen LogP contribution in [0.3, 0.4) is 0 Å². The van der Waals surface area contributed by atoms with Gasteiger partial charge in [0.25, 0.3) is 0 Å². The highest BCUT2D eigenvalue weighted by atomic mass is 28.3. The average molecular weight is 853 g/mol. The average Bonchev–Trinajstić information content (AvgIpc) is 3.93. The molecule has 8 aromatic rings. The van der Waals surface area contributed by atoms with E-state index in [9.17, 15) is 0 Å². The van der Waals surface area contributed by atoms with E-state index in [-0.39, 0.29) is 10.8 Å². The summed E-state index contributed by atoms with van der Waals surface area (Å²) < 4.78 is 0. The topological polar surface area (TPSA) is 6.48 Å². The van der Waals surface area contributed by atoms with Crippen LogP contribution in [0.2, 0.25) is 12.1 Å². The quantitative estimate of drug-likeness (QED) is 0.129. The highest BCUT2D eigenvalue weighted by Crippen LogP contribution is 2.54. The van der Waals surface area contributed by atoms with Gasteiger partial charge < -0.3 is 9.80 Å². The summed E-state index contributed by atoms with van der Waals surface area (Å²) >= 11 is 0. The van der Waals surface area contributed by atoms with E-state index in [1.165, 1.54) is 126 Å². The van der Waals surface area contributed by atoms with Crippen LogP contribution in [-0.4, -0.2) is 8.07 Å². The van der Waals surface area contributed by atoms with Crippen molar-refractivity contribution in [2.75, 3.05) is 9.80 Å². The number of fused-ring (bicyclic) bond motifs is 12. The van der Waals surface area contributed by atoms with Gasteiger partial charge >= 0.3 is 0 Å². The molecule has 2 aliphatic carbocycles. The van der Waals surface area contributed by atoms with Gasteiger partial charge in [-0.15, -0.1) is 0 Å². The van der Waals surface area contributed by atoms with E-state index < -0.39 is 8.07 Å². The summed E-state index contributed by atoms with van der Waals surface area (Å²) in [5.74, 6) is 0. The first-order valence-corrected chi connectivity index (χ1v) is 26.0. The smallest absolute Gasteiger partial charge is 0.123 e. The van der Waals surface area contributed by atoms with Crippen molar-refractivity contribution >= 4 is 76.9 Å². The van der Waals surface area contributed by atoms with Crippen molar-refractivity contribution in [2.45, 2.75) is 63.5 Å². The number of benzene rings is 8. The summed E-state index contributed by atoms with van der Waals surface area (Å²) in [5, 5.41) is 3.25. The molecule has 1 spiro atoms. The Morgan fingerprint density at radius 1 is 0.400 bits per heavy atom. The van der Waals surface area contributed by atoms with Crippen LogP contribution in [0, 0.1) is 0 Å². The fraction of sp³-hybridized carbons (Fsp3) is 0.161. The second-order valence-corrected chi connectivity index (χ2v) is 24.3. The summed E-state index contributed by atoms with van der Waals surface area (Å²) in [6, 6.07) is 67.5. The number of hydrogen-bond donors (Lipinski definition) is 0. The predicted octanol–water partition coefficient (Wildman–Crippen LogP) is 15.6. The third kappa shape index (κ3) is 5.58. The standard InChI is InChI=1S/C62H52N2Si/c1-61(2)51-37-41(25-31-47(51)49-33-29-45(39-53(49)61)63-55-17-7-5-15-43(55)27-28-44-16-6-8-18-56(44)63)23-24-42-26-32-48-50-34-30-46(40-54(50)62(3,4)52(48)38-42)64-57-19-9-11-21-59(57)65(35-13-14-36-65)60-22-12-10-20-58(60)64/h5-12,15-34,37-40H,13-14,35-36H2,1-4H3/b24-23+. The molecule has 8 aromatic carbocycles. The van der Waals surface area contributed by atoms with Gasteiger partial charge in [0.1, 0.15) is 8.07 Å². The van der Waals surface area contributed by atoms with Gasteiger partial charge in [0.05, 0.1) is 11.4 Å². The molecule has 314 valence electrons. The molecule has 65 heavy (non-hydrogen) atoms. The van der Waals surface area contributed by atoms with E-state index in [2.05, 4.69) is 232 Å². The number of rotatable bonds is 4. The van der Waals surface area contributed by atoms with Gasteiger partial charge in [-0.2, -0.15) is 0 Å². The van der Waals surface area contributed by atoms with E-state index in [4.69, 9.17) is 0 Å². The maximum atomic E-state index is 2.58. The molecule has 0 amide bonds. The third-order valence-electron chi connectivity index (χ3n) is 15.9. The number of nitrogens with zero attached hydrogens (tertiary/aromatic N) is 2. The summed E-state index contributed by atoms with van der Waals surface area (Å²) in [5.41, 5.74) is 23.2. The molecule has 0 bridgehead atoms. The Hall–Kier alpha value is -6.94. The Morgan fingerprint density at radius 2 is 0.769 bits per heavy atom. The first kappa shape index (κ1) is 38.5. The molecule has 3 heterocycles. The molecule has 3 heteroatoms. The lowest BCUT2D eigenvalue weighted by Crippen LogP contribution is -2.60. The number of hydrogen-bond acceptors (Lipinski definition) is 2. The van der Waals surface area contributed by atoms with Gasteiger partial charge in [-0.3, -0.25) is 0 Å². The molecule has 1 fully saturated rings. The van der Waals surface area contributed by atoms with Crippen LogP contribution in [0.4, 0.5) is 34.1 Å². The van der Waals surface area contributed by atoms with Crippen molar-refractivity contribution in [1.82, 2.24) is 0 Å². The van der Waals surface area contributed by atoms with Crippen LogP contribution in [0.1, 0.15) is 85.0 Å². The fourth-order valence-corrected chi connectivity index (χ4v) is 18.2. The SMILES string of the molecule is CC1(C)c2cc(/C=C/c3ccc4c(c3)C(C)(C)c3cc(N5c6ccccc6[Si]6(CCCC6)c6ccccc65)ccc3-4)ccc2-c2ccc(N3c4ccccc4C=Cc4ccccc43)cc21. The van der Waals surface area contributed by atoms with Gasteiger partial charge in [0, 0.05) is 33.6 Å². The van der Waals surface area contributed by atoms with E-state index in [1.54, 1.807) is 10.4 Å². The van der Waals surface area contributed by atoms with E-state index in [1.807, 2.05) is 0 Å². The van der Waals surface area contributed by atoms with Crippen LogP contribution in [0.15, 0.2) is 170 Å². The van der Waals surface area contributed by atoms with E-state index in [0.717, 1.165) is 0 Å². The van der Waals surface area contributed by atoms with Crippen molar-refractivity contribution in [2.24, 2.45) is 0 Å². The first-order chi connectivity index (χ1) is 31.7. The minimum Gasteiger partial charge on any atom is -0.311 e. The molecule has 0 saturated carbocycles. The van der Waals surface area contributed by atoms with Crippen molar-refractivity contribution in [3.8, 4) is 22.3 Å². The highest BCUT2D eigenvalue weighted by Gasteiger charge is 2.47. The number of anilines is 6. The molecule has 3 aliphatic heterocycles. The molecule has 0 unspecified atom stereocenters. The Kier molecular flexibility index (Phi) is 8.31. The Labute approximate surface area is 384 Å². The summed E-state index contributed by atoms with van der Waals surface area (Å²) in [4.78, 5) is 5.02. The van der Waals surface area contributed by atoms with Crippen molar-refractivity contribution in [1.29, 1.82) is 0 Å². The zero-order chi connectivity index (χ0) is 43.7. The fourth-order valence-electron chi connectivity index (χ4n) is 12.6. The molecule has 1 saturated heterocycles. The van der Waals surface area contributed by atoms with Crippen LogP contribution >= 0.6 is 0 Å². The van der Waals surface area contributed by atoms with Crippen LogP contribution in [-0.2, 0) is 10.8 Å². The zero-order valence-electron chi connectivity index (χ0n) is 37.7. The van der Waals surface area contributed by atoms with Gasteiger partial charge in [-0.1, -0.05) is 186 Å². The predicted molar refractivity (Wildman–Crippen MR) is 279 cm³/mol. The van der Waals surface area contributed by atoms with Gasteiger partial charge in [0.2, 0.25) is 0 Å². The molecule has 0 atom stereocenters. The van der Waals surface area contributed by atoms with Crippen molar-refractivity contribution in [3.63, 3.8) is 0 Å². The van der Waals surface area contributed by atoms with Gasteiger partial charge in [0.15, 0.2) is 0 Å². The molecule has 0 aromatic heterocycles. The Balaban J connectivity index is 0.807.